The molecule has 0 spiro atoms. The Morgan fingerprint density at radius 1 is 0.969 bits per heavy atom. The Morgan fingerprint density at radius 2 is 1.72 bits per heavy atom. The molecule has 0 saturated carbocycles. The number of pyridine rings is 1. The molecule has 32 heavy (non-hydrogen) atoms. The zero-order valence-corrected chi connectivity index (χ0v) is 19.2. The number of hydrogen-bond acceptors (Lipinski definition) is 6. The lowest BCUT2D eigenvalue weighted by Gasteiger charge is -2.20. The van der Waals surface area contributed by atoms with E-state index < -0.39 is 11.7 Å². The average molecular weight is 452 g/mol. The highest BCUT2D eigenvalue weighted by molar-refractivity contribution is 7.99. The minimum Gasteiger partial charge on any atom is -0.495 e. The van der Waals surface area contributed by atoms with Gasteiger partial charge < -0.3 is 14.8 Å². The van der Waals surface area contributed by atoms with Crippen molar-refractivity contribution in [3.63, 3.8) is 0 Å². The molecule has 3 aromatic rings. The smallest absolute Gasteiger partial charge is 0.412 e. The van der Waals surface area contributed by atoms with Crippen molar-refractivity contribution in [1.29, 1.82) is 0 Å². The fraction of sp³-hybridized carbons (Fsp3) is 0.208. The van der Waals surface area contributed by atoms with Crippen LogP contribution >= 0.6 is 11.8 Å². The second-order valence-corrected chi connectivity index (χ2v) is 8.83. The van der Waals surface area contributed by atoms with E-state index in [2.05, 4.69) is 15.6 Å². The second kappa shape index (κ2) is 10.2. The van der Waals surface area contributed by atoms with E-state index >= 15 is 0 Å². The molecule has 2 amide bonds. The molecule has 0 atom stereocenters. The Bertz CT molecular complexity index is 1100. The predicted molar refractivity (Wildman–Crippen MR) is 126 cm³/mol. The summed E-state index contributed by atoms with van der Waals surface area (Å²) >= 11 is 1.41. The number of anilines is 2. The molecule has 166 valence electrons. The van der Waals surface area contributed by atoms with Gasteiger partial charge in [-0.15, -0.1) is 0 Å². The summed E-state index contributed by atoms with van der Waals surface area (Å²) in [5.74, 6) is 0.125. The van der Waals surface area contributed by atoms with Gasteiger partial charge in [-0.1, -0.05) is 30.0 Å². The summed E-state index contributed by atoms with van der Waals surface area (Å²) < 4.78 is 10.6. The summed E-state index contributed by atoms with van der Waals surface area (Å²) in [5, 5.41) is 6.11. The van der Waals surface area contributed by atoms with Crippen LogP contribution in [0.1, 0.15) is 31.1 Å². The molecule has 3 rings (SSSR count). The van der Waals surface area contributed by atoms with E-state index in [1.807, 2.05) is 30.3 Å². The van der Waals surface area contributed by atoms with Gasteiger partial charge in [-0.2, -0.15) is 0 Å². The zero-order valence-electron chi connectivity index (χ0n) is 18.3. The molecule has 7 nitrogen and oxygen atoms in total. The van der Waals surface area contributed by atoms with E-state index in [1.165, 1.54) is 18.9 Å². The van der Waals surface area contributed by atoms with Crippen LogP contribution in [0.4, 0.5) is 16.2 Å². The number of nitrogens with one attached hydrogen (secondary N) is 2. The fourth-order valence-corrected chi connectivity index (χ4v) is 3.64. The first-order chi connectivity index (χ1) is 15.2. The largest absolute Gasteiger partial charge is 0.495 e. The molecule has 1 aromatic heterocycles. The Kier molecular flexibility index (Phi) is 7.37. The first kappa shape index (κ1) is 23.1. The van der Waals surface area contributed by atoms with Crippen LogP contribution in [0.25, 0.3) is 0 Å². The third kappa shape index (κ3) is 6.49. The Hall–Kier alpha value is -3.52. The van der Waals surface area contributed by atoms with Gasteiger partial charge in [0.1, 0.15) is 16.4 Å². The van der Waals surface area contributed by atoms with Crippen molar-refractivity contribution >= 4 is 35.1 Å². The SMILES string of the molecule is COc1ccc(NC(=O)c2cccnc2Sc2ccccc2)cc1NC(=O)OC(C)(C)C. The molecule has 1 heterocycles. The van der Waals surface area contributed by atoms with Crippen LogP contribution in [-0.2, 0) is 4.74 Å². The van der Waals surface area contributed by atoms with Crippen molar-refractivity contribution in [2.45, 2.75) is 36.3 Å². The number of amides is 2. The first-order valence-corrected chi connectivity index (χ1v) is 10.7. The molecule has 0 fully saturated rings. The number of benzene rings is 2. The molecule has 0 unspecified atom stereocenters. The van der Waals surface area contributed by atoms with E-state index in [9.17, 15) is 9.59 Å². The van der Waals surface area contributed by atoms with Gasteiger partial charge in [-0.05, 0) is 63.2 Å². The summed E-state index contributed by atoms with van der Waals surface area (Å²) in [5.41, 5.74) is 0.667. The van der Waals surface area contributed by atoms with Gasteiger partial charge in [0.05, 0.1) is 18.4 Å². The molecule has 0 saturated heterocycles. The first-order valence-electron chi connectivity index (χ1n) is 9.92. The van der Waals surface area contributed by atoms with Crippen molar-refractivity contribution < 1.29 is 19.1 Å². The number of aromatic nitrogens is 1. The quantitative estimate of drug-likeness (QED) is 0.489. The summed E-state index contributed by atoms with van der Waals surface area (Å²) in [4.78, 5) is 30.5. The number of rotatable bonds is 6. The van der Waals surface area contributed by atoms with Crippen molar-refractivity contribution in [1.82, 2.24) is 4.98 Å². The molecular formula is C24H25N3O4S. The normalized spacial score (nSPS) is 10.9. The third-order valence-electron chi connectivity index (χ3n) is 4.07. The molecule has 2 N–H and O–H groups in total. The van der Waals surface area contributed by atoms with Crippen LogP contribution in [0.15, 0.2) is 76.8 Å². The number of ether oxygens (including phenoxy) is 2. The molecular weight excluding hydrogens is 426 g/mol. The average Bonchev–Trinajstić information content (AvgIpc) is 2.73. The van der Waals surface area contributed by atoms with Gasteiger partial charge in [0, 0.05) is 16.8 Å². The Morgan fingerprint density at radius 3 is 2.41 bits per heavy atom. The van der Waals surface area contributed by atoms with Gasteiger partial charge >= 0.3 is 6.09 Å². The van der Waals surface area contributed by atoms with Crippen molar-refractivity contribution in [2.24, 2.45) is 0 Å². The number of methoxy groups -OCH3 is 1. The summed E-state index contributed by atoms with van der Waals surface area (Å²) in [6.45, 7) is 5.33. The number of nitrogens with zero attached hydrogens (tertiary/aromatic N) is 1. The summed E-state index contributed by atoms with van der Waals surface area (Å²) in [6.07, 6.45) is 1.03. The lowest BCUT2D eigenvalue weighted by molar-refractivity contribution is 0.0635. The predicted octanol–water partition coefficient (Wildman–Crippen LogP) is 5.84. The summed E-state index contributed by atoms with van der Waals surface area (Å²) in [6, 6.07) is 18.1. The molecule has 0 aliphatic heterocycles. The van der Waals surface area contributed by atoms with E-state index in [1.54, 1.807) is 57.3 Å². The van der Waals surface area contributed by atoms with Crippen molar-refractivity contribution in [3.8, 4) is 5.75 Å². The molecule has 0 aliphatic rings. The highest BCUT2D eigenvalue weighted by Crippen LogP contribution is 2.31. The zero-order chi connectivity index (χ0) is 23.1. The van der Waals surface area contributed by atoms with Gasteiger partial charge in [-0.3, -0.25) is 10.1 Å². The van der Waals surface area contributed by atoms with E-state index in [0.29, 0.717) is 27.7 Å². The van der Waals surface area contributed by atoms with E-state index in [4.69, 9.17) is 9.47 Å². The maximum atomic E-state index is 13.0. The van der Waals surface area contributed by atoms with Gasteiger partial charge in [0.25, 0.3) is 5.91 Å². The van der Waals surface area contributed by atoms with Gasteiger partial charge in [0.15, 0.2) is 0 Å². The molecule has 0 bridgehead atoms. The van der Waals surface area contributed by atoms with Gasteiger partial charge in [0.2, 0.25) is 0 Å². The topological polar surface area (TPSA) is 89.5 Å². The van der Waals surface area contributed by atoms with E-state index in [-0.39, 0.29) is 5.91 Å². The number of carbonyl (C=O) groups excluding carboxylic acids is 2. The summed E-state index contributed by atoms with van der Waals surface area (Å²) in [7, 11) is 1.50. The molecule has 0 radical (unpaired) electrons. The van der Waals surface area contributed by atoms with Crippen LogP contribution in [-0.4, -0.2) is 29.7 Å². The van der Waals surface area contributed by atoms with Crippen LogP contribution < -0.4 is 15.4 Å². The molecule has 2 aromatic carbocycles. The van der Waals surface area contributed by atoms with E-state index in [0.717, 1.165) is 4.90 Å². The van der Waals surface area contributed by atoms with Gasteiger partial charge in [-0.25, -0.2) is 9.78 Å². The van der Waals surface area contributed by atoms with Crippen LogP contribution in [0.3, 0.4) is 0 Å². The fourth-order valence-electron chi connectivity index (χ4n) is 2.74. The number of hydrogen-bond donors (Lipinski definition) is 2. The minimum atomic E-state index is -0.643. The van der Waals surface area contributed by atoms with Crippen LogP contribution in [0, 0.1) is 0 Å². The maximum Gasteiger partial charge on any atom is 0.412 e. The monoisotopic (exact) mass is 451 g/mol. The Labute approximate surface area is 191 Å². The second-order valence-electron chi connectivity index (χ2n) is 7.77. The van der Waals surface area contributed by atoms with Crippen LogP contribution in [0.5, 0.6) is 5.75 Å². The standard InChI is InChI=1S/C24H25N3O4S/c1-24(2,3)31-23(29)27-19-15-16(12-13-20(19)30-4)26-21(28)18-11-8-14-25-22(18)32-17-9-6-5-7-10-17/h5-15H,1-4H3,(H,26,28)(H,27,29). The Balaban J connectivity index is 1.79. The van der Waals surface area contributed by atoms with Crippen LogP contribution in [0.2, 0.25) is 0 Å². The lowest BCUT2D eigenvalue weighted by Crippen LogP contribution is -2.27. The lowest BCUT2D eigenvalue weighted by atomic mass is 10.2. The molecule has 8 heteroatoms. The highest BCUT2D eigenvalue weighted by Gasteiger charge is 2.19. The minimum absolute atomic E-state index is 0.315. The maximum absolute atomic E-state index is 13.0. The third-order valence-corrected chi connectivity index (χ3v) is 5.09. The number of carbonyl (C=O) groups is 2. The van der Waals surface area contributed by atoms with Crippen molar-refractivity contribution in [2.75, 3.05) is 17.7 Å². The highest BCUT2D eigenvalue weighted by atomic mass is 32.2. The molecule has 0 aliphatic carbocycles. The van der Waals surface area contributed by atoms with Crippen molar-refractivity contribution in [3.05, 3.63) is 72.4 Å².